The summed E-state index contributed by atoms with van der Waals surface area (Å²) in [5.74, 6) is -0.417. The number of hydrogen-bond donors (Lipinski definition) is 1. The lowest BCUT2D eigenvalue weighted by Gasteiger charge is -2.16. The van der Waals surface area contributed by atoms with E-state index in [4.69, 9.17) is 4.42 Å². The zero-order valence-electron chi connectivity index (χ0n) is 9.85. The number of carbonyl (C=O) groups is 1. The van der Waals surface area contributed by atoms with Crippen molar-refractivity contribution in [2.75, 3.05) is 19.0 Å². The molecule has 0 fully saturated rings. The van der Waals surface area contributed by atoms with Gasteiger partial charge in [0, 0.05) is 26.8 Å². The van der Waals surface area contributed by atoms with Crippen LogP contribution >= 0.6 is 0 Å². The maximum atomic E-state index is 11.5. The highest BCUT2D eigenvalue weighted by Crippen LogP contribution is 2.20. The fraction of sp³-hybridized carbons (Fsp3) is 0.273. The standard InChI is InChI=1S/C11H13N3O3/c1-12-10(15)13(2)7-4-5-9-8(6-7)14(3)11(16)17-9/h4-6H,1-3H3,(H,12,15). The first-order chi connectivity index (χ1) is 8.04. The number of rotatable bonds is 1. The summed E-state index contributed by atoms with van der Waals surface area (Å²) in [6.07, 6.45) is 0. The van der Waals surface area contributed by atoms with Gasteiger partial charge in [-0.05, 0) is 18.2 Å². The van der Waals surface area contributed by atoms with E-state index < -0.39 is 5.76 Å². The third kappa shape index (κ3) is 1.77. The minimum atomic E-state index is -0.417. The largest absolute Gasteiger partial charge is 0.419 e. The van der Waals surface area contributed by atoms with E-state index in [0.29, 0.717) is 16.8 Å². The number of nitrogens with zero attached hydrogens (tertiary/aromatic N) is 2. The number of nitrogens with one attached hydrogen (secondary N) is 1. The van der Waals surface area contributed by atoms with E-state index in [0.717, 1.165) is 0 Å². The van der Waals surface area contributed by atoms with Crippen LogP contribution in [0.2, 0.25) is 0 Å². The van der Waals surface area contributed by atoms with Gasteiger partial charge in [-0.2, -0.15) is 0 Å². The molecule has 0 aliphatic rings. The third-order valence-electron chi connectivity index (χ3n) is 2.68. The quantitative estimate of drug-likeness (QED) is 0.798. The van der Waals surface area contributed by atoms with Crippen molar-refractivity contribution >= 4 is 22.8 Å². The Morgan fingerprint density at radius 3 is 2.82 bits per heavy atom. The Bertz CT molecular complexity index is 626. The Morgan fingerprint density at radius 1 is 1.47 bits per heavy atom. The average Bonchev–Trinajstić information content (AvgIpc) is 2.63. The van der Waals surface area contributed by atoms with E-state index in [1.165, 1.54) is 9.47 Å². The average molecular weight is 235 g/mol. The van der Waals surface area contributed by atoms with Crippen molar-refractivity contribution in [3.8, 4) is 0 Å². The maximum Gasteiger partial charge on any atom is 0.419 e. The van der Waals surface area contributed by atoms with Crippen LogP contribution in [0, 0.1) is 0 Å². The number of hydrogen-bond acceptors (Lipinski definition) is 3. The van der Waals surface area contributed by atoms with Crippen LogP contribution < -0.4 is 16.0 Å². The molecule has 1 heterocycles. The minimum absolute atomic E-state index is 0.224. The van der Waals surface area contributed by atoms with Crippen molar-refractivity contribution in [2.45, 2.75) is 0 Å². The Balaban J connectivity index is 2.54. The molecule has 0 bridgehead atoms. The summed E-state index contributed by atoms with van der Waals surface area (Å²) in [7, 11) is 4.83. The van der Waals surface area contributed by atoms with Crippen LogP contribution in [-0.4, -0.2) is 24.7 Å². The topological polar surface area (TPSA) is 67.5 Å². The van der Waals surface area contributed by atoms with Crippen molar-refractivity contribution in [3.05, 3.63) is 28.7 Å². The molecule has 6 nitrogen and oxygen atoms in total. The van der Waals surface area contributed by atoms with Gasteiger partial charge in [0.25, 0.3) is 0 Å². The summed E-state index contributed by atoms with van der Waals surface area (Å²) in [6.45, 7) is 0. The Labute approximate surface area is 97.4 Å². The van der Waals surface area contributed by atoms with Gasteiger partial charge in [0.05, 0.1) is 5.52 Å². The smallest absolute Gasteiger partial charge is 0.408 e. The molecule has 1 N–H and O–H groups in total. The molecule has 0 saturated heterocycles. The van der Waals surface area contributed by atoms with Gasteiger partial charge in [0.15, 0.2) is 5.58 Å². The Morgan fingerprint density at radius 2 is 2.18 bits per heavy atom. The Hall–Kier alpha value is -2.24. The van der Waals surface area contributed by atoms with Gasteiger partial charge in [-0.3, -0.25) is 9.47 Å². The highest BCUT2D eigenvalue weighted by atomic mass is 16.4. The van der Waals surface area contributed by atoms with Gasteiger partial charge in [0.1, 0.15) is 0 Å². The lowest BCUT2D eigenvalue weighted by molar-refractivity contribution is 0.249. The van der Waals surface area contributed by atoms with Gasteiger partial charge >= 0.3 is 11.8 Å². The van der Waals surface area contributed by atoms with Crippen LogP contribution in [0.5, 0.6) is 0 Å². The van der Waals surface area contributed by atoms with E-state index in [9.17, 15) is 9.59 Å². The first kappa shape index (κ1) is 11.3. The second kappa shape index (κ2) is 3.97. The summed E-state index contributed by atoms with van der Waals surface area (Å²) in [5.41, 5.74) is 1.85. The predicted molar refractivity (Wildman–Crippen MR) is 64.3 cm³/mol. The molecule has 0 spiro atoms. The molecule has 6 heteroatoms. The van der Waals surface area contributed by atoms with Crippen LogP contribution in [0.1, 0.15) is 0 Å². The zero-order valence-corrected chi connectivity index (χ0v) is 9.85. The van der Waals surface area contributed by atoms with E-state index in [1.54, 1.807) is 39.3 Å². The van der Waals surface area contributed by atoms with Crippen LogP contribution in [0.25, 0.3) is 11.1 Å². The SMILES string of the molecule is CNC(=O)N(C)c1ccc2oc(=O)n(C)c2c1. The second-order valence-corrected chi connectivity index (χ2v) is 3.69. The molecule has 90 valence electrons. The summed E-state index contributed by atoms with van der Waals surface area (Å²) in [5, 5.41) is 2.53. The normalized spacial score (nSPS) is 10.5. The fourth-order valence-corrected chi connectivity index (χ4v) is 1.61. The summed E-state index contributed by atoms with van der Waals surface area (Å²) in [4.78, 5) is 24.2. The minimum Gasteiger partial charge on any atom is -0.408 e. The van der Waals surface area contributed by atoms with Crippen molar-refractivity contribution in [2.24, 2.45) is 7.05 Å². The van der Waals surface area contributed by atoms with E-state index in [2.05, 4.69) is 5.32 Å². The number of urea groups is 1. The van der Waals surface area contributed by atoms with E-state index in [1.807, 2.05) is 0 Å². The van der Waals surface area contributed by atoms with Gasteiger partial charge in [-0.1, -0.05) is 0 Å². The number of aryl methyl sites for hydroxylation is 1. The number of amides is 2. The summed E-state index contributed by atoms with van der Waals surface area (Å²) < 4.78 is 6.41. The first-order valence-corrected chi connectivity index (χ1v) is 5.09. The molecule has 0 unspecified atom stereocenters. The first-order valence-electron chi connectivity index (χ1n) is 5.09. The molecule has 1 aromatic carbocycles. The molecule has 0 saturated carbocycles. The molecular weight excluding hydrogens is 222 g/mol. The third-order valence-corrected chi connectivity index (χ3v) is 2.68. The number of oxazole rings is 1. The molecule has 2 rings (SSSR count). The highest BCUT2D eigenvalue weighted by molar-refractivity contribution is 5.93. The predicted octanol–water partition coefficient (Wildman–Crippen LogP) is 0.907. The van der Waals surface area contributed by atoms with Crippen LogP contribution in [0.4, 0.5) is 10.5 Å². The van der Waals surface area contributed by atoms with Gasteiger partial charge in [-0.15, -0.1) is 0 Å². The number of carbonyl (C=O) groups excluding carboxylic acids is 1. The van der Waals surface area contributed by atoms with Crippen molar-refractivity contribution in [3.63, 3.8) is 0 Å². The molecule has 0 atom stereocenters. The molecule has 2 aromatic rings. The van der Waals surface area contributed by atoms with Crippen LogP contribution in [0.15, 0.2) is 27.4 Å². The monoisotopic (exact) mass is 235 g/mol. The van der Waals surface area contributed by atoms with Gasteiger partial charge in [-0.25, -0.2) is 9.59 Å². The van der Waals surface area contributed by atoms with Crippen LogP contribution in [-0.2, 0) is 7.05 Å². The summed E-state index contributed by atoms with van der Waals surface area (Å²) >= 11 is 0. The molecular formula is C11H13N3O3. The number of benzene rings is 1. The van der Waals surface area contributed by atoms with Crippen molar-refractivity contribution < 1.29 is 9.21 Å². The van der Waals surface area contributed by atoms with Crippen molar-refractivity contribution in [1.29, 1.82) is 0 Å². The highest BCUT2D eigenvalue weighted by Gasteiger charge is 2.12. The summed E-state index contributed by atoms with van der Waals surface area (Å²) in [6, 6.07) is 4.90. The number of aromatic nitrogens is 1. The maximum absolute atomic E-state index is 11.5. The molecule has 17 heavy (non-hydrogen) atoms. The molecule has 0 aliphatic carbocycles. The second-order valence-electron chi connectivity index (χ2n) is 3.69. The van der Waals surface area contributed by atoms with Gasteiger partial charge < -0.3 is 9.73 Å². The van der Waals surface area contributed by atoms with E-state index >= 15 is 0 Å². The Kier molecular flexibility index (Phi) is 2.63. The van der Waals surface area contributed by atoms with E-state index in [-0.39, 0.29) is 6.03 Å². The lowest BCUT2D eigenvalue weighted by Crippen LogP contribution is -2.34. The zero-order chi connectivity index (χ0) is 12.6. The molecule has 2 amide bonds. The molecule has 0 radical (unpaired) electrons. The van der Waals surface area contributed by atoms with Gasteiger partial charge in [0.2, 0.25) is 0 Å². The number of fused-ring (bicyclic) bond motifs is 1. The van der Waals surface area contributed by atoms with Crippen molar-refractivity contribution in [1.82, 2.24) is 9.88 Å². The molecule has 0 aliphatic heterocycles. The molecule has 1 aromatic heterocycles. The lowest BCUT2D eigenvalue weighted by atomic mass is 10.2. The number of anilines is 1. The van der Waals surface area contributed by atoms with Crippen LogP contribution in [0.3, 0.4) is 0 Å². The fourth-order valence-electron chi connectivity index (χ4n) is 1.61.